The zero-order chi connectivity index (χ0) is 14.7. The monoisotopic (exact) mass is 402 g/mol. The van der Waals surface area contributed by atoms with Crippen molar-refractivity contribution in [2.75, 3.05) is 18.2 Å². The SMILES string of the molecule is COC(=O)c1cc(Nc2ccc(Cl)cc2I)ccc1N. The van der Waals surface area contributed by atoms with Crippen LogP contribution in [0.2, 0.25) is 5.02 Å². The van der Waals surface area contributed by atoms with Crippen molar-refractivity contribution >= 4 is 57.2 Å². The van der Waals surface area contributed by atoms with Crippen LogP contribution in [0.25, 0.3) is 0 Å². The number of nitrogens with one attached hydrogen (secondary N) is 1. The van der Waals surface area contributed by atoms with E-state index in [1.54, 1.807) is 24.3 Å². The first-order chi connectivity index (χ1) is 9.51. The third-order valence-corrected chi connectivity index (χ3v) is 3.80. The number of carbonyl (C=O) groups is 1. The third-order valence-electron chi connectivity index (χ3n) is 2.67. The van der Waals surface area contributed by atoms with Crippen LogP contribution in [0, 0.1) is 3.57 Å². The summed E-state index contributed by atoms with van der Waals surface area (Å²) in [5, 5.41) is 3.89. The minimum Gasteiger partial charge on any atom is -0.465 e. The minimum absolute atomic E-state index is 0.335. The fourth-order valence-electron chi connectivity index (χ4n) is 1.67. The van der Waals surface area contributed by atoms with E-state index in [1.165, 1.54) is 7.11 Å². The van der Waals surface area contributed by atoms with Crippen LogP contribution in [-0.2, 0) is 4.74 Å². The number of rotatable bonds is 3. The number of esters is 1. The Hall–Kier alpha value is -1.47. The average molecular weight is 403 g/mol. The molecule has 20 heavy (non-hydrogen) atoms. The highest BCUT2D eigenvalue weighted by Gasteiger charge is 2.11. The zero-order valence-corrected chi connectivity index (χ0v) is 13.5. The highest BCUT2D eigenvalue weighted by molar-refractivity contribution is 14.1. The molecular weight excluding hydrogens is 391 g/mol. The molecule has 0 fully saturated rings. The van der Waals surface area contributed by atoms with Crippen molar-refractivity contribution in [1.29, 1.82) is 0 Å². The number of halogens is 2. The topological polar surface area (TPSA) is 64.3 Å². The van der Waals surface area contributed by atoms with E-state index in [1.807, 2.05) is 12.1 Å². The molecule has 0 heterocycles. The summed E-state index contributed by atoms with van der Waals surface area (Å²) in [7, 11) is 1.32. The molecule has 0 unspecified atom stereocenters. The highest BCUT2D eigenvalue weighted by Crippen LogP contribution is 2.27. The van der Waals surface area contributed by atoms with Gasteiger partial charge in [-0.2, -0.15) is 0 Å². The highest BCUT2D eigenvalue weighted by atomic mass is 127. The van der Waals surface area contributed by atoms with E-state index in [4.69, 9.17) is 22.1 Å². The van der Waals surface area contributed by atoms with Crippen molar-refractivity contribution in [1.82, 2.24) is 0 Å². The molecule has 6 heteroatoms. The molecule has 0 aliphatic rings. The largest absolute Gasteiger partial charge is 0.465 e. The van der Waals surface area contributed by atoms with E-state index in [2.05, 4.69) is 27.9 Å². The number of hydrogen-bond acceptors (Lipinski definition) is 4. The lowest BCUT2D eigenvalue weighted by molar-refractivity contribution is 0.0602. The maximum Gasteiger partial charge on any atom is 0.340 e. The lowest BCUT2D eigenvalue weighted by Gasteiger charge is -2.11. The third kappa shape index (κ3) is 3.34. The van der Waals surface area contributed by atoms with Gasteiger partial charge in [-0.1, -0.05) is 11.6 Å². The van der Waals surface area contributed by atoms with Crippen molar-refractivity contribution in [3.05, 3.63) is 50.6 Å². The van der Waals surface area contributed by atoms with E-state index in [-0.39, 0.29) is 0 Å². The van der Waals surface area contributed by atoms with Gasteiger partial charge in [-0.3, -0.25) is 0 Å². The molecule has 104 valence electrons. The number of carbonyl (C=O) groups excluding carboxylic acids is 1. The Kier molecular flexibility index (Phi) is 4.72. The summed E-state index contributed by atoms with van der Waals surface area (Å²) in [6, 6.07) is 10.6. The molecule has 0 saturated heterocycles. The Morgan fingerprint density at radius 3 is 2.70 bits per heavy atom. The number of nitrogens with two attached hydrogens (primary N) is 1. The van der Waals surface area contributed by atoms with E-state index < -0.39 is 5.97 Å². The first kappa shape index (κ1) is 14.9. The summed E-state index contributed by atoms with van der Waals surface area (Å²) in [5.41, 5.74) is 8.13. The fraction of sp³-hybridized carbons (Fsp3) is 0.0714. The molecule has 4 nitrogen and oxygen atoms in total. The van der Waals surface area contributed by atoms with Gasteiger partial charge in [0.05, 0.1) is 18.4 Å². The maximum absolute atomic E-state index is 11.6. The number of anilines is 3. The summed E-state index contributed by atoms with van der Waals surface area (Å²) >= 11 is 8.10. The van der Waals surface area contributed by atoms with Gasteiger partial charge in [-0.15, -0.1) is 0 Å². The first-order valence-corrected chi connectivity index (χ1v) is 7.17. The lowest BCUT2D eigenvalue weighted by Crippen LogP contribution is -2.06. The molecule has 0 amide bonds. The normalized spacial score (nSPS) is 10.2. The maximum atomic E-state index is 11.6. The van der Waals surface area contributed by atoms with Crippen molar-refractivity contribution in [2.45, 2.75) is 0 Å². The van der Waals surface area contributed by atoms with Crippen LogP contribution in [-0.4, -0.2) is 13.1 Å². The summed E-state index contributed by atoms with van der Waals surface area (Å²) in [6.45, 7) is 0. The Balaban J connectivity index is 2.32. The Bertz CT molecular complexity index is 662. The van der Waals surface area contributed by atoms with Crippen LogP contribution < -0.4 is 11.1 Å². The summed E-state index contributed by atoms with van der Waals surface area (Å²) in [4.78, 5) is 11.6. The van der Waals surface area contributed by atoms with Gasteiger partial charge in [0.2, 0.25) is 0 Å². The van der Waals surface area contributed by atoms with Crippen LogP contribution in [0.5, 0.6) is 0 Å². The van der Waals surface area contributed by atoms with Gasteiger partial charge in [-0.05, 0) is 59.0 Å². The van der Waals surface area contributed by atoms with Crippen molar-refractivity contribution < 1.29 is 9.53 Å². The Labute approximate surface area is 135 Å². The lowest BCUT2D eigenvalue weighted by atomic mass is 10.1. The molecular formula is C14H12ClIN2O2. The first-order valence-electron chi connectivity index (χ1n) is 5.71. The summed E-state index contributed by atoms with van der Waals surface area (Å²) < 4.78 is 5.67. The zero-order valence-electron chi connectivity index (χ0n) is 10.6. The Morgan fingerprint density at radius 2 is 2.05 bits per heavy atom. The van der Waals surface area contributed by atoms with Crippen LogP contribution in [0.3, 0.4) is 0 Å². The van der Waals surface area contributed by atoms with Gasteiger partial charge in [0.25, 0.3) is 0 Å². The van der Waals surface area contributed by atoms with Crippen LogP contribution in [0.4, 0.5) is 17.1 Å². The van der Waals surface area contributed by atoms with E-state index in [9.17, 15) is 4.79 Å². The molecule has 0 aromatic heterocycles. The Morgan fingerprint density at radius 1 is 1.30 bits per heavy atom. The second-order valence-electron chi connectivity index (χ2n) is 4.04. The van der Waals surface area contributed by atoms with Gasteiger partial charge in [0, 0.05) is 20.0 Å². The van der Waals surface area contributed by atoms with Crippen molar-refractivity contribution in [3.63, 3.8) is 0 Å². The molecule has 0 saturated carbocycles. The molecule has 3 N–H and O–H groups in total. The van der Waals surface area contributed by atoms with Gasteiger partial charge >= 0.3 is 5.97 Å². The standard InChI is InChI=1S/C14H12ClIN2O2/c1-20-14(19)10-7-9(3-4-12(10)17)18-13-5-2-8(15)6-11(13)16/h2-7,18H,17H2,1H3. The van der Waals surface area contributed by atoms with E-state index in [0.717, 1.165) is 14.9 Å². The second kappa shape index (κ2) is 6.32. The van der Waals surface area contributed by atoms with Crippen LogP contribution >= 0.6 is 34.2 Å². The number of ether oxygens (including phenoxy) is 1. The number of nitrogen functional groups attached to an aromatic ring is 1. The van der Waals surface area contributed by atoms with Crippen LogP contribution in [0.15, 0.2) is 36.4 Å². The molecule has 0 aliphatic heterocycles. The second-order valence-corrected chi connectivity index (χ2v) is 5.64. The fourth-order valence-corrected chi connectivity index (χ4v) is 2.67. The molecule has 0 aliphatic carbocycles. The van der Waals surface area contributed by atoms with Gasteiger partial charge in [0.15, 0.2) is 0 Å². The van der Waals surface area contributed by atoms with E-state index >= 15 is 0 Å². The summed E-state index contributed by atoms with van der Waals surface area (Å²) in [6.07, 6.45) is 0. The molecule has 0 radical (unpaired) electrons. The molecule has 2 aromatic carbocycles. The summed E-state index contributed by atoms with van der Waals surface area (Å²) in [5.74, 6) is -0.461. The molecule has 2 aromatic rings. The van der Waals surface area contributed by atoms with Gasteiger partial charge in [-0.25, -0.2) is 4.79 Å². The average Bonchev–Trinajstić information content (AvgIpc) is 2.43. The minimum atomic E-state index is -0.461. The predicted molar refractivity (Wildman–Crippen MR) is 89.6 cm³/mol. The number of benzene rings is 2. The number of methoxy groups -OCH3 is 1. The van der Waals surface area contributed by atoms with E-state index in [0.29, 0.717) is 16.3 Å². The number of hydrogen-bond donors (Lipinski definition) is 2. The van der Waals surface area contributed by atoms with Crippen molar-refractivity contribution in [3.8, 4) is 0 Å². The van der Waals surface area contributed by atoms with Crippen molar-refractivity contribution in [2.24, 2.45) is 0 Å². The smallest absolute Gasteiger partial charge is 0.340 e. The predicted octanol–water partition coefficient (Wildman–Crippen LogP) is 4.06. The quantitative estimate of drug-likeness (QED) is 0.462. The molecule has 2 rings (SSSR count). The van der Waals surface area contributed by atoms with Gasteiger partial charge in [0.1, 0.15) is 0 Å². The molecule has 0 bridgehead atoms. The molecule has 0 atom stereocenters. The van der Waals surface area contributed by atoms with Crippen LogP contribution in [0.1, 0.15) is 10.4 Å². The molecule has 0 spiro atoms. The van der Waals surface area contributed by atoms with Gasteiger partial charge < -0.3 is 15.8 Å².